The van der Waals surface area contributed by atoms with Crippen molar-refractivity contribution in [2.75, 3.05) is 26.8 Å². The van der Waals surface area contributed by atoms with Gasteiger partial charge in [-0.3, -0.25) is 9.78 Å². The van der Waals surface area contributed by atoms with Crippen molar-refractivity contribution in [2.24, 2.45) is 0 Å². The molecule has 1 fully saturated rings. The standard InChI is InChI=1S/C27H30N2O4/c1-3-19-4-6-21(7-5-19)18-33-25-9-8-22(15-26(25)32-2)23-16-29(17-23)27(31)24-14-20(11-13-30)10-12-28-24/h4-10,12,14-15,23,30H,3,11,13,16-18H2,1-2H3. The van der Waals surface area contributed by atoms with Gasteiger partial charge >= 0.3 is 0 Å². The molecule has 1 aliphatic heterocycles. The Hall–Kier alpha value is -3.38. The summed E-state index contributed by atoms with van der Waals surface area (Å²) < 4.78 is 11.6. The summed E-state index contributed by atoms with van der Waals surface area (Å²) >= 11 is 0. The lowest BCUT2D eigenvalue weighted by Crippen LogP contribution is -2.48. The molecule has 1 aromatic heterocycles. The van der Waals surface area contributed by atoms with Gasteiger partial charge in [0.25, 0.3) is 5.91 Å². The first kappa shape index (κ1) is 22.8. The molecule has 0 atom stereocenters. The van der Waals surface area contributed by atoms with E-state index >= 15 is 0 Å². The number of aryl methyl sites for hydroxylation is 1. The molecular formula is C27H30N2O4. The van der Waals surface area contributed by atoms with Gasteiger partial charge in [-0.1, -0.05) is 37.3 Å². The topological polar surface area (TPSA) is 71.9 Å². The summed E-state index contributed by atoms with van der Waals surface area (Å²) in [5.41, 5.74) is 4.88. The maximum absolute atomic E-state index is 12.8. The Morgan fingerprint density at radius 2 is 1.79 bits per heavy atom. The van der Waals surface area contributed by atoms with Crippen LogP contribution in [0.3, 0.4) is 0 Å². The monoisotopic (exact) mass is 446 g/mol. The molecule has 0 bridgehead atoms. The number of rotatable bonds is 9. The van der Waals surface area contributed by atoms with Crippen LogP contribution in [0.1, 0.15) is 45.6 Å². The molecule has 1 aliphatic rings. The molecule has 0 aliphatic carbocycles. The van der Waals surface area contributed by atoms with Crippen molar-refractivity contribution in [1.82, 2.24) is 9.88 Å². The summed E-state index contributed by atoms with van der Waals surface area (Å²) in [5, 5.41) is 9.11. The zero-order valence-corrected chi connectivity index (χ0v) is 19.2. The van der Waals surface area contributed by atoms with E-state index in [9.17, 15) is 4.79 Å². The van der Waals surface area contributed by atoms with E-state index in [0.717, 1.165) is 23.1 Å². The third kappa shape index (κ3) is 5.34. The molecule has 4 rings (SSSR count). The van der Waals surface area contributed by atoms with E-state index in [1.54, 1.807) is 24.3 Å². The molecule has 33 heavy (non-hydrogen) atoms. The molecular weight excluding hydrogens is 416 g/mol. The Labute approximate surface area is 194 Å². The molecule has 172 valence electrons. The van der Waals surface area contributed by atoms with E-state index in [1.807, 2.05) is 24.3 Å². The van der Waals surface area contributed by atoms with Crippen molar-refractivity contribution in [2.45, 2.75) is 32.3 Å². The van der Waals surface area contributed by atoms with E-state index < -0.39 is 0 Å². The van der Waals surface area contributed by atoms with Crippen LogP contribution in [0.5, 0.6) is 11.5 Å². The Balaban J connectivity index is 1.36. The summed E-state index contributed by atoms with van der Waals surface area (Å²) in [6.07, 6.45) is 3.16. The van der Waals surface area contributed by atoms with Crippen LogP contribution in [-0.4, -0.2) is 47.7 Å². The van der Waals surface area contributed by atoms with Crippen LogP contribution in [0, 0.1) is 0 Å². The van der Waals surface area contributed by atoms with E-state index in [4.69, 9.17) is 14.6 Å². The normalized spacial score (nSPS) is 13.5. The number of hydrogen-bond donors (Lipinski definition) is 1. The second-order valence-corrected chi connectivity index (χ2v) is 8.30. The van der Waals surface area contributed by atoms with Gasteiger partial charge in [-0.2, -0.15) is 0 Å². The zero-order chi connectivity index (χ0) is 23.2. The maximum atomic E-state index is 12.8. The molecule has 6 heteroatoms. The van der Waals surface area contributed by atoms with Crippen LogP contribution in [0.4, 0.5) is 0 Å². The van der Waals surface area contributed by atoms with Gasteiger partial charge in [-0.25, -0.2) is 0 Å². The molecule has 1 saturated heterocycles. The highest BCUT2D eigenvalue weighted by atomic mass is 16.5. The Morgan fingerprint density at radius 3 is 2.48 bits per heavy atom. The number of benzene rings is 2. The van der Waals surface area contributed by atoms with Crippen molar-refractivity contribution < 1.29 is 19.4 Å². The minimum absolute atomic E-state index is 0.0517. The molecule has 6 nitrogen and oxygen atoms in total. The highest BCUT2D eigenvalue weighted by Crippen LogP contribution is 2.35. The minimum Gasteiger partial charge on any atom is -0.493 e. The van der Waals surface area contributed by atoms with Gasteiger partial charge < -0.3 is 19.5 Å². The number of aromatic nitrogens is 1. The molecule has 3 aromatic rings. The molecule has 2 aromatic carbocycles. The molecule has 0 unspecified atom stereocenters. The van der Waals surface area contributed by atoms with Crippen LogP contribution < -0.4 is 9.47 Å². The van der Waals surface area contributed by atoms with E-state index in [2.05, 4.69) is 36.2 Å². The lowest BCUT2D eigenvalue weighted by Gasteiger charge is -2.39. The van der Waals surface area contributed by atoms with Crippen LogP contribution in [-0.2, 0) is 19.4 Å². The molecule has 1 N–H and O–H groups in total. The molecule has 0 radical (unpaired) electrons. The van der Waals surface area contributed by atoms with Crippen LogP contribution in [0.15, 0.2) is 60.8 Å². The van der Waals surface area contributed by atoms with E-state index in [0.29, 0.717) is 43.3 Å². The van der Waals surface area contributed by atoms with E-state index in [-0.39, 0.29) is 18.4 Å². The average Bonchev–Trinajstić information content (AvgIpc) is 2.82. The number of ether oxygens (including phenoxy) is 2. The van der Waals surface area contributed by atoms with Crippen molar-refractivity contribution >= 4 is 5.91 Å². The largest absolute Gasteiger partial charge is 0.493 e. The fourth-order valence-electron chi connectivity index (χ4n) is 3.98. The first-order valence-electron chi connectivity index (χ1n) is 11.3. The number of pyridine rings is 1. The lowest BCUT2D eigenvalue weighted by atomic mass is 9.90. The third-order valence-corrected chi connectivity index (χ3v) is 6.10. The predicted molar refractivity (Wildman–Crippen MR) is 127 cm³/mol. The van der Waals surface area contributed by atoms with Crippen molar-refractivity contribution in [3.05, 3.63) is 88.7 Å². The summed E-state index contributed by atoms with van der Waals surface area (Å²) in [7, 11) is 1.64. The molecule has 0 saturated carbocycles. The van der Waals surface area contributed by atoms with E-state index in [1.165, 1.54) is 5.56 Å². The van der Waals surface area contributed by atoms with Gasteiger partial charge in [-0.15, -0.1) is 0 Å². The van der Waals surface area contributed by atoms with Crippen LogP contribution in [0.2, 0.25) is 0 Å². The second kappa shape index (κ2) is 10.5. The number of hydrogen-bond acceptors (Lipinski definition) is 5. The van der Waals surface area contributed by atoms with Gasteiger partial charge in [0.05, 0.1) is 7.11 Å². The number of likely N-dealkylation sites (tertiary alicyclic amines) is 1. The Kier molecular flexibility index (Phi) is 7.25. The van der Waals surface area contributed by atoms with Gasteiger partial charge in [0.2, 0.25) is 0 Å². The Bertz CT molecular complexity index is 1090. The number of carbonyl (C=O) groups excluding carboxylic acids is 1. The van der Waals surface area contributed by atoms with Crippen LogP contribution >= 0.6 is 0 Å². The number of aliphatic hydroxyl groups excluding tert-OH is 1. The summed E-state index contributed by atoms with van der Waals surface area (Å²) in [5.74, 6) is 1.57. The number of carbonyl (C=O) groups is 1. The smallest absolute Gasteiger partial charge is 0.272 e. The highest BCUT2D eigenvalue weighted by molar-refractivity contribution is 5.93. The Morgan fingerprint density at radius 1 is 1.03 bits per heavy atom. The predicted octanol–water partition coefficient (Wildman–Crippen LogP) is 4.01. The maximum Gasteiger partial charge on any atom is 0.272 e. The molecule has 0 spiro atoms. The van der Waals surface area contributed by atoms with Crippen molar-refractivity contribution in [3.63, 3.8) is 0 Å². The minimum atomic E-state index is -0.0768. The summed E-state index contributed by atoms with van der Waals surface area (Å²) in [6, 6.07) is 18.0. The third-order valence-electron chi connectivity index (χ3n) is 6.10. The van der Waals surface area contributed by atoms with Gasteiger partial charge in [-0.05, 0) is 59.4 Å². The fourth-order valence-corrected chi connectivity index (χ4v) is 3.98. The SMILES string of the molecule is CCc1ccc(COc2ccc(C3CN(C(=O)c4cc(CCO)ccn4)C3)cc2OC)cc1. The number of aliphatic hydroxyl groups is 1. The second-order valence-electron chi connectivity index (χ2n) is 8.30. The number of nitrogens with zero attached hydrogens (tertiary/aromatic N) is 2. The van der Waals surface area contributed by atoms with Gasteiger partial charge in [0.15, 0.2) is 11.5 Å². The lowest BCUT2D eigenvalue weighted by molar-refractivity contribution is 0.0595. The van der Waals surface area contributed by atoms with Crippen LogP contribution in [0.25, 0.3) is 0 Å². The molecule has 1 amide bonds. The fraction of sp³-hybridized carbons (Fsp3) is 0.333. The first-order chi connectivity index (χ1) is 16.1. The number of amides is 1. The quantitative estimate of drug-likeness (QED) is 0.538. The van der Waals surface area contributed by atoms with Crippen molar-refractivity contribution in [3.8, 4) is 11.5 Å². The van der Waals surface area contributed by atoms with Crippen molar-refractivity contribution in [1.29, 1.82) is 0 Å². The summed E-state index contributed by atoms with van der Waals surface area (Å²) in [4.78, 5) is 18.8. The zero-order valence-electron chi connectivity index (χ0n) is 19.2. The highest BCUT2D eigenvalue weighted by Gasteiger charge is 2.33. The first-order valence-corrected chi connectivity index (χ1v) is 11.3. The average molecular weight is 447 g/mol. The number of methoxy groups -OCH3 is 1. The van der Waals surface area contributed by atoms with Gasteiger partial charge in [0.1, 0.15) is 12.3 Å². The van der Waals surface area contributed by atoms with Gasteiger partial charge in [0, 0.05) is 31.8 Å². The molecule has 2 heterocycles. The summed E-state index contributed by atoms with van der Waals surface area (Å²) in [6.45, 7) is 3.95.